The van der Waals surface area contributed by atoms with Gasteiger partial charge in [-0.05, 0) is 42.3 Å². The summed E-state index contributed by atoms with van der Waals surface area (Å²) < 4.78 is 13.8. The summed E-state index contributed by atoms with van der Waals surface area (Å²) in [5.74, 6) is -1.56. The van der Waals surface area contributed by atoms with E-state index in [1.165, 1.54) is 12.1 Å². The van der Waals surface area contributed by atoms with Gasteiger partial charge >= 0.3 is 5.97 Å². The monoisotopic (exact) mass is 307 g/mol. The van der Waals surface area contributed by atoms with Crippen LogP contribution in [-0.4, -0.2) is 11.1 Å². The third kappa shape index (κ3) is 3.73. The van der Waals surface area contributed by atoms with Gasteiger partial charge in [0.1, 0.15) is 5.82 Å². The van der Waals surface area contributed by atoms with Crippen molar-refractivity contribution < 1.29 is 14.3 Å². The van der Waals surface area contributed by atoms with Crippen LogP contribution in [0.25, 0.3) is 0 Å². The van der Waals surface area contributed by atoms with Crippen LogP contribution in [0.2, 0.25) is 5.02 Å². The molecule has 110 valence electrons. The maximum Gasteiger partial charge on any atom is 0.335 e. The third-order valence-corrected chi connectivity index (χ3v) is 3.48. The van der Waals surface area contributed by atoms with E-state index >= 15 is 0 Å². The number of carboxylic acids is 1. The molecule has 5 heteroatoms. The van der Waals surface area contributed by atoms with E-state index in [4.69, 9.17) is 16.7 Å². The Bertz CT molecular complexity index is 643. The summed E-state index contributed by atoms with van der Waals surface area (Å²) >= 11 is 5.85. The number of hydrogen-bond donors (Lipinski definition) is 2. The molecule has 1 unspecified atom stereocenters. The molecule has 0 radical (unpaired) electrons. The molecule has 0 aromatic heterocycles. The smallest absolute Gasteiger partial charge is 0.335 e. The maximum atomic E-state index is 13.8. The quantitative estimate of drug-likeness (QED) is 0.838. The summed E-state index contributed by atoms with van der Waals surface area (Å²) in [6, 6.07) is 10.8. The summed E-state index contributed by atoms with van der Waals surface area (Å²) in [6.45, 7) is 1.96. The molecule has 0 saturated heterocycles. The second-order valence-electron chi connectivity index (χ2n) is 4.66. The third-order valence-electron chi connectivity index (χ3n) is 3.22. The molecule has 0 fully saturated rings. The molecule has 0 heterocycles. The van der Waals surface area contributed by atoms with E-state index in [2.05, 4.69) is 5.32 Å². The fraction of sp³-hybridized carbons (Fsp3) is 0.188. The van der Waals surface area contributed by atoms with E-state index in [1.807, 2.05) is 19.1 Å². The molecular weight excluding hydrogens is 293 g/mol. The van der Waals surface area contributed by atoms with E-state index in [1.54, 1.807) is 12.1 Å². The van der Waals surface area contributed by atoms with Gasteiger partial charge in [-0.1, -0.05) is 30.7 Å². The molecular formula is C16H15ClFNO2. The van der Waals surface area contributed by atoms with Gasteiger partial charge in [-0.3, -0.25) is 0 Å². The predicted octanol–water partition coefficient (Wildman–Crippen LogP) is 4.74. The first-order chi connectivity index (χ1) is 10.0. The fourth-order valence-electron chi connectivity index (χ4n) is 2.07. The van der Waals surface area contributed by atoms with Crippen molar-refractivity contribution in [2.45, 2.75) is 19.4 Å². The number of carbonyl (C=O) groups is 1. The molecule has 1 atom stereocenters. The Morgan fingerprint density at radius 1 is 1.29 bits per heavy atom. The van der Waals surface area contributed by atoms with E-state index in [0.717, 1.165) is 18.1 Å². The highest BCUT2D eigenvalue weighted by atomic mass is 35.5. The molecule has 0 saturated carbocycles. The number of hydrogen-bond acceptors (Lipinski definition) is 2. The Hall–Kier alpha value is -2.07. The second-order valence-corrected chi connectivity index (χ2v) is 5.09. The zero-order chi connectivity index (χ0) is 15.4. The Morgan fingerprint density at radius 3 is 2.52 bits per heavy atom. The SMILES string of the molecule is CCC(Nc1cc(C(=O)O)ccc1F)c1ccc(Cl)cc1. The first-order valence-corrected chi connectivity index (χ1v) is 6.94. The fourth-order valence-corrected chi connectivity index (χ4v) is 2.20. The van der Waals surface area contributed by atoms with E-state index in [9.17, 15) is 9.18 Å². The van der Waals surface area contributed by atoms with Crippen LogP contribution in [0.5, 0.6) is 0 Å². The molecule has 2 N–H and O–H groups in total. The van der Waals surface area contributed by atoms with Crippen LogP contribution in [0.1, 0.15) is 35.3 Å². The van der Waals surface area contributed by atoms with Crippen molar-refractivity contribution in [3.8, 4) is 0 Å². The number of anilines is 1. The van der Waals surface area contributed by atoms with Gasteiger partial charge in [0.2, 0.25) is 0 Å². The first kappa shape index (κ1) is 15.3. The van der Waals surface area contributed by atoms with Gasteiger partial charge in [0, 0.05) is 5.02 Å². The number of carboxylic acid groups (broad SMARTS) is 1. The maximum absolute atomic E-state index is 13.8. The molecule has 21 heavy (non-hydrogen) atoms. The molecule has 0 aliphatic carbocycles. The molecule has 0 bridgehead atoms. The van der Waals surface area contributed by atoms with Gasteiger partial charge in [-0.25, -0.2) is 9.18 Å². The highest BCUT2D eigenvalue weighted by molar-refractivity contribution is 6.30. The lowest BCUT2D eigenvalue weighted by atomic mass is 10.0. The first-order valence-electron chi connectivity index (χ1n) is 6.56. The van der Waals surface area contributed by atoms with Crippen LogP contribution in [0.3, 0.4) is 0 Å². The number of nitrogens with one attached hydrogen (secondary N) is 1. The van der Waals surface area contributed by atoms with E-state index in [-0.39, 0.29) is 17.3 Å². The van der Waals surface area contributed by atoms with Gasteiger partial charge in [-0.15, -0.1) is 0 Å². The van der Waals surface area contributed by atoms with Crippen LogP contribution < -0.4 is 5.32 Å². The van der Waals surface area contributed by atoms with Crippen LogP contribution in [0.15, 0.2) is 42.5 Å². The second kappa shape index (κ2) is 6.59. The summed E-state index contributed by atoms with van der Waals surface area (Å²) in [4.78, 5) is 11.0. The van der Waals surface area contributed by atoms with Gasteiger partial charge in [-0.2, -0.15) is 0 Å². The minimum atomic E-state index is -1.09. The Morgan fingerprint density at radius 2 is 1.95 bits per heavy atom. The molecule has 0 aliphatic heterocycles. The minimum absolute atomic E-state index is 0.0462. The normalized spacial score (nSPS) is 12.0. The molecule has 2 rings (SSSR count). The molecule has 2 aromatic rings. The Balaban J connectivity index is 2.28. The van der Waals surface area contributed by atoms with Crippen molar-refractivity contribution in [3.63, 3.8) is 0 Å². The minimum Gasteiger partial charge on any atom is -0.478 e. The highest BCUT2D eigenvalue weighted by Gasteiger charge is 2.13. The largest absolute Gasteiger partial charge is 0.478 e. The average molecular weight is 308 g/mol. The van der Waals surface area contributed by atoms with E-state index in [0.29, 0.717) is 5.02 Å². The summed E-state index contributed by atoms with van der Waals surface area (Å²) in [6.07, 6.45) is 0.721. The van der Waals surface area contributed by atoms with Gasteiger partial charge in [0.15, 0.2) is 0 Å². The topological polar surface area (TPSA) is 49.3 Å². The van der Waals surface area contributed by atoms with Crippen molar-refractivity contribution in [1.29, 1.82) is 0 Å². The van der Waals surface area contributed by atoms with Crippen molar-refractivity contribution in [2.24, 2.45) is 0 Å². The van der Waals surface area contributed by atoms with Gasteiger partial charge in [0.05, 0.1) is 17.3 Å². The molecule has 0 aliphatic rings. The number of rotatable bonds is 5. The van der Waals surface area contributed by atoms with Crippen LogP contribution in [0.4, 0.5) is 10.1 Å². The van der Waals surface area contributed by atoms with Crippen molar-refractivity contribution in [2.75, 3.05) is 5.32 Å². The number of aromatic carboxylic acids is 1. The van der Waals surface area contributed by atoms with Crippen LogP contribution in [0, 0.1) is 5.82 Å². The van der Waals surface area contributed by atoms with Gasteiger partial charge < -0.3 is 10.4 Å². The lowest BCUT2D eigenvalue weighted by Crippen LogP contribution is -2.11. The van der Waals surface area contributed by atoms with Crippen LogP contribution >= 0.6 is 11.6 Å². The lowest BCUT2D eigenvalue weighted by molar-refractivity contribution is 0.0697. The number of benzene rings is 2. The zero-order valence-electron chi connectivity index (χ0n) is 11.4. The highest BCUT2D eigenvalue weighted by Crippen LogP contribution is 2.26. The van der Waals surface area contributed by atoms with Crippen molar-refractivity contribution in [1.82, 2.24) is 0 Å². The lowest BCUT2D eigenvalue weighted by Gasteiger charge is -2.19. The van der Waals surface area contributed by atoms with Gasteiger partial charge in [0.25, 0.3) is 0 Å². The summed E-state index contributed by atoms with van der Waals surface area (Å²) in [5, 5.41) is 12.7. The van der Waals surface area contributed by atoms with Crippen molar-refractivity contribution >= 4 is 23.3 Å². The zero-order valence-corrected chi connectivity index (χ0v) is 12.2. The standard InChI is InChI=1S/C16H15ClFNO2/c1-2-14(10-3-6-12(17)7-4-10)19-15-9-11(16(20)21)5-8-13(15)18/h3-9,14,19H,2H2,1H3,(H,20,21). The summed E-state index contributed by atoms with van der Waals surface area (Å²) in [7, 11) is 0. The molecule has 0 spiro atoms. The average Bonchev–Trinajstić information content (AvgIpc) is 2.47. The summed E-state index contributed by atoms with van der Waals surface area (Å²) in [5.41, 5.74) is 1.18. The number of halogens is 2. The molecule has 0 amide bonds. The van der Waals surface area contributed by atoms with Crippen molar-refractivity contribution in [3.05, 3.63) is 64.4 Å². The molecule has 2 aromatic carbocycles. The Labute approximate surface area is 127 Å². The van der Waals surface area contributed by atoms with Crippen LogP contribution in [-0.2, 0) is 0 Å². The Kier molecular flexibility index (Phi) is 4.81. The van der Waals surface area contributed by atoms with E-state index < -0.39 is 11.8 Å². The predicted molar refractivity (Wildman–Crippen MR) is 81.5 cm³/mol. The molecule has 3 nitrogen and oxygen atoms in total.